The SMILES string of the molecule is C[C@H]1[C@H](O)CCC2=CC(=O)[C@]3([C@@]4(C)CO4)O[C@@H]3[C@@]21C. The van der Waals surface area contributed by atoms with Gasteiger partial charge >= 0.3 is 0 Å². The van der Waals surface area contributed by atoms with Crippen LogP contribution in [0.2, 0.25) is 0 Å². The Bertz CT molecular complexity index is 506. The van der Waals surface area contributed by atoms with Gasteiger partial charge in [0.05, 0.1) is 12.7 Å². The summed E-state index contributed by atoms with van der Waals surface area (Å²) in [5, 5.41) is 10.2. The van der Waals surface area contributed by atoms with Crippen LogP contribution in [0.3, 0.4) is 0 Å². The Kier molecular flexibility index (Phi) is 1.99. The first-order valence-electron chi connectivity index (χ1n) is 7.11. The predicted molar refractivity (Wildman–Crippen MR) is 67.6 cm³/mol. The molecule has 104 valence electrons. The Hall–Kier alpha value is -0.710. The molecule has 0 aromatic carbocycles. The average Bonchev–Trinajstić information content (AvgIpc) is 3.23. The van der Waals surface area contributed by atoms with Crippen molar-refractivity contribution in [1.82, 2.24) is 0 Å². The molecule has 3 fully saturated rings. The number of hydrogen-bond donors (Lipinski definition) is 1. The number of rotatable bonds is 1. The van der Waals surface area contributed by atoms with Gasteiger partial charge in [-0.15, -0.1) is 0 Å². The average molecular weight is 264 g/mol. The van der Waals surface area contributed by atoms with Crippen LogP contribution < -0.4 is 0 Å². The van der Waals surface area contributed by atoms with Crippen molar-refractivity contribution in [3.63, 3.8) is 0 Å². The van der Waals surface area contributed by atoms with Crippen molar-refractivity contribution >= 4 is 5.78 Å². The molecular weight excluding hydrogens is 244 g/mol. The van der Waals surface area contributed by atoms with Gasteiger partial charge in [0.25, 0.3) is 0 Å². The second-order valence-corrected chi connectivity index (χ2v) is 6.96. The molecular formula is C15H20O4. The molecule has 4 rings (SSSR count). The molecule has 6 atom stereocenters. The van der Waals surface area contributed by atoms with Crippen molar-refractivity contribution in [2.24, 2.45) is 11.3 Å². The summed E-state index contributed by atoms with van der Waals surface area (Å²) < 4.78 is 11.5. The number of aliphatic hydroxyl groups is 1. The first-order valence-corrected chi connectivity index (χ1v) is 7.11. The Morgan fingerprint density at radius 1 is 1.42 bits per heavy atom. The molecule has 0 unspecified atom stereocenters. The highest BCUT2D eigenvalue weighted by molar-refractivity contribution is 6.03. The van der Waals surface area contributed by atoms with E-state index < -0.39 is 11.2 Å². The van der Waals surface area contributed by atoms with E-state index in [-0.39, 0.29) is 29.3 Å². The molecule has 0 bridgehead atoms. The van der Waals surface area contributed by atoms with Crippen LogP contribution in [0.25, 0.3) is 0 Å². The zero-order valence-electron chi connectivity index (χ0n) is 11.6. The van der Waals surface area contributed by atoms with Crippen LogP contribution in [0.15, 0.2) is 11.6 Å². The van der Waals surface area contributed by atoms with Crippen molar-refractivity contribution in [3.8, 4) is 0 Å². The van der Waals surface area contributed by atoms with Gasteiger partial charge in [-0.2, -0.15) is 0 Å². The van der Waals surface area contributed by atoms with Gasteiger partial charge in [0, 0.05) is 5.41 Å². The summed E-state index contributed by atoms with van der Waals surface area (Å²) in [6.45, 7) is 6.74. The van der Waals surface area contributed by atoms with E-state index in [2.05, 4.69) is 13.8 Å². The molecule has 4 heteroatoms. The summed E-state index contributed by atoms with van der Waals surface area (Å²) in [5.74, 6) is 0.170. The molecule has 2 heterocycles. The third-order valence-corrected chi connectivity index (χ3v) is 6.12. The van der Waals surface area contributed by atoms with Crippen LogP contribution in [0.5, 0.6) is 0 Å². The van der Waals surface area contributed by atoms with Crippen LogP contribution >= 0.6 is 0 Å². The number of hydrogen-bond acceptors (Lipinski definition) is 4. The van der Waals surface area contributed by atoms with E-state index in [1.807, 2.05) is 6.92 Å². The Morgan fingerprint density at radius 3 is 2.74 bits per heavy atom. The predicted octanol–water partition coefficient (Wildman–Crippen LogP) is 1.22. The van der Waals surface area contributed by atoms with E-state index in [0.717, 1.165) is 18.4 Å². The molecule has 2 aliphatic heterocycles. The number of epoxide rings is 2. The molecule has 0 aromatic heterocycles. The number of fused-ring (bicyclic) bond motifs is 3. The third kappa shape index (κ3) is 1.15. The van der Waals surface area contributed by atoms with Crippen molar-refractivity contribution < 1.29 is 19.4 Å². The van der Waals surface area contributed by atoms with E-state index in [1.165, 1.54) is 0 Å². The van der Waals surface area contributed by atoms with Gasteiger partial charge < -0.3 is 14.6 Å². The van der Waals surface area contributed by atoms with E-state index in [0.29, 0.717) is 6.61 Å². The number of aliphatic hydroxyl groups excluding tert-OH is 1. The first-order chi connectivity index (χ1) is 8.86. The molecule has 0 aromatic rings. The van der Waals surface area contributed by atoms with Crippen molar-refractivity contribution in [1.29, 1.82) is 0 Å². The fourth-order valence-electron chi connectivity index (χ4n) is 4.28. The summed E-state index contributed by atoms with van der Waals surface area (Å²) in [5.41, 5.74) is -0.323. The van der Waals surface area contributed by atoms with Crippen molar-refractivity contribution in [3.05, 3.63) is 11.6 Å². The molecule has 0 spiro atoms. The van der Waals surface area contributed by atoms with E-state index in [9.17, 15) is 9.90 Å². The zero-order valence-corrected chi connectivity index (χ0v) is 11.6. The number of carbonyl (C=O) groups is 1. The van der Waals surface area contributed by atoms with Gasteiger partial charge in [0.2, 0.25) is 0 Å². The number of carbonyl (C=O) groups excluding carboxylic acids is 1. The lowest BCUT2D eigenvalue weighted by molar-refractivity contribution is -0.122. The van der Waals surface area contributed by atoms with E-state index in [1.54, 1.807) is 6.08 Å². The summed E-state index contributed by atoms with van der Waals surface area (Å²) in [6, 6.07) is 0. The van der Waals surface area contributed by atoms with Gasteiger partial charge in [-0.05, 0) is 31.8 Å². The second kappa shape index (κ2) is 3.13. The van der Waals surface area contributed by atoms with Gasteiger partial charge in [0.15, 0.2) is 11.4 Å². The largest absolute Gasteiger partial charge is 0.393 e. The van der Waals surface area contributed by atoms with Crippen LogP contribution in [-0.2, 0) is 14.3 Å². The summed E-state index contributed by atoms with van der Waals surface area (Å²) >= 11 is 0. The topological polar surface area (TPSA) is 62.4 Å². The summed E-state index contributed by atoms with van der Waals surface area (Å²) in [6.07, 6.45) is 2.86. The third-order valence-electron chi connectivity index (χ3n) is 6.12. The van der Waals surface area contributed by atoms with Gasteiger partial charge in [0.1, 0.15) is 11.7 Å². The standard InChI is InChI=1S/C15H20O4/c1-8-10(16)5-4-9-6-11(17)15(13(2)7-18-13)12(19-15)14(8,9)3/h6,8,10,12,16H,4-5,7H2,1-3H3/t8-,10+,12+,13+,14+,15-/m0/s1. The van der Waals surface area contributed by atoms with Crippen molar-refractivity contribution in [2.45, 2.75) is 57.0 Å². The molecule has 1 N–H and O–H groups in total. The number of ether oxygens (including phenoxy) is 2. The number of ketones is 1. The second-order valence-electron chi connectivity index (χ2n) is 6.96. The van der Waals surface area contributed by atoms with Crippen LogP contribution in [0.4, 0.5) is 0 Å². The Balaban J connectivity index is 1.82. The normalized spacial score (nSPS) is 59.1. The quantitative estimate of drug-likeness (QED) is 0.723. The Labute approximate surface area is 112 Å². The fourth-order valence-corrected chi connectivity index (χ4v) is 4.28. The highest BCUT2D eigenvalue weighted by atomic mass is 16.7. The van der Waals surface area contributed by atoms with Crippen LogP contribution in [-0.4, -0.2) is 40.9 Å². The molecule has 0 radical (unpaired) electrons. The maximum absolute atomic E-state index is 12.5. The lowest BCUT2D eigenvalue weighted by Gasteiger charge is -2.46. The van der Waals surface area contributed by atoms with Gasteiger partial charge in [-0.25, -0.2) is 0 Å². The highest BCUT2D eigenvalue weighted by Gasteiger charge is 2.83. The smallest absolute Gasteiger partial charge is 0.193 e. The molecule has 4 aliphatic rings. The minimum Gasteiger partial charge on any atom is -0.393 e. The first kappa shape index (κ1) is 12.1. The fraction of sp³-hybridized carbons (Fsp3) is 0.800. The van der Waals surface area contributed by atoms with E-state index in [4.69, 9.17) is 9.47 Å². The molecule has 0 amide bonds. The van der Waals surface area contributed by atoms with Crippen molar-refractivity contribution in [2.75, 3.05) is 6.61 Å². The zero-order chi connectivity index (χ0) is 13.6. The molecule has 4 nitrogen and oxygen atoms in total. The highest BCUT2D eigenvalue weighted by Crippen LogP contribution is 2.67. The molecule has 19 heavy (non-hydrogen) atoms. The molecule has 2 aliphatic carbocycles. The Morgan fingerprint density at radius 2 is 2.11 bits per heavy atom. The minimum atomic E-state index is -0.781. The summed E-state index contributed by atoms with van der Waals surface area (Å²) in [7, 11) is 0. The maximum Gasteiger partial charge on any atom is 0.193 e. The summed E-state index contributed by atoms with van der Waals surface area (Å²) in [4.78, 5) is 12.5. The maximum atomic E-state index is 12.5. The monoisotopic (exact) mass is 264 g/mol. The minimum absolute atomic E-state index is 0.0635. The lowest BCUT2D eigenvalue weighted by Crippen LogP contribution is -2.53. The van der Waals surface area contributed by atoms with Crippen LogP contribution in [0, 0.1) is 11.3 Å². The van der Waals surface area contributed by atoms with Gasteiger partial charge in [-0.3, -0.25) is 4.79 Å². The molecule has 2 saturated heterocycles. The lowest BCUT2D eigenvalue weighted by atomic mass is 9.56. The van der Waals surface area contributed by atoms with E-state index >= 15 is 0 Å². The van der Waals surface area contributed by atoms with Gasteiger partial charge in [-0.1, -0.05) is 19.4 Å². The van der Waals surface area contributed by atoms with Crippen LogP contribution in [0.1, 0.15) is 33.6 Å². The molecule has 1 saturated carbocycles.